The number of methoxy groups -OCH3 is 2. The lowest BCUT2D eigenvalue weighted by molar-refractivity contribution is -0.140. The lowest BCUT2D eigenvalue weighted by atomic mass is 9.99. The van der Waals surface area contributed by atoms with Crippen LogP contribution in [0.25, 0.3) is 5.76 Å². The number of halogens is 1. The average Bonchev–Trinajstić information content (AvgIpc) is 3.28. The van der Waals surface area contributed by atoms with Crippen molar-refractivity contribution in [2.24, 2.45) is 0 Å². The molecule has 0 bridgehead atoms. The molecule has 1 aliphatic rings. The highest BCUT2D eigenvalue weighted by molar-refractivity contribution is 6.46. The van der Waals surface area contributed by atoms with Gasteiger partial charge < -0.3 is 23.9 Å². The smallest absolute Gasteiger partial charge is 0.295 e. The number of carbonyl (C=O) groups is 2. The van der Waals surface area contributed by atoms with E-state index < -0.39 is 23.5 Å². The van der Waals surface area contributed by atoms with Gasteiger partial charge in [0.25, 0.3) is 11.7 Å². The number of benzene rings is 1. The predicted octanol–water partition coefficient (Wildman–Crippen LogP) is 3.01. The first-order chi connectivity index (χ1) is 13.0. The third-order valence-corrected chi connectivity index (χ3v) is 4.65. The van der Waals surface area contributed by atoms with Crippen LogP contribution in [0.2, 0.25) is 5.02 Å². The van der Waals surface area contributed by atoms with Crippen molar-refractivity contribution in [1.82, 2.24) is 4.90 Å². The van der Waals surface area contributed by atoms with Crippen molar-refractivity contribution in [3.05, 3.63) is 58.5 Å². The van der Waals surface area contributed by atoms with Gasteiger partial charge in [0.1, 0.15) is 23.3 Å². The number of likely N-dealkylation sites (tertiary alicyclic amines) is 1. The van der Waals surface area contributed by atoms with Crippen LogP contribution in [0.4, 0.5) is 0 Å². The Labute approximate surface area is 160 Å². The van der Waals surface area contributed by atoms with Gasteiger partial charge in [-0.15, -0.1) is 0 Å². The molecule has 1 atom stereocenters. The van der Waals surface area contributed by atoms with Crippen molar-refractivity contribution in [1.29, 1.82) is 0 Å². The number of amides is 1. The average molecular weight is 392 g/mol. The maximum absolute atomic E-state index is 12.7. The van der Waals surface area contributed by atoms with Gasteiger partial charge in [0.05, 0.1) is 30.6 Å². The third-order valence-electron chi connectivity index (χ3n) is 4.32. The molecule has 7 nitrogen and oxygen atoms in total. The van der Waals surface area contributed by atoms with Crippen LogP contribution in [0.1, 0.15) is 17.4 Å². The molecule has 0 radical (unpaired) electrons. The zero-order chi connectivity index (χ0) is 19.6. The predicted molar refractivity (Wildman–Crippen MR) is 97.6 cm³/mol. The van der Waals surface area contributed by atoms with E-state index in [0.717, 1.165) is 0 Å². The first-order valence-electron chi connectivity index (χ1n) is 8.14. The molecule has 8 heteroatoms. The molecule has 1 aromatic carbocycles. The fraction of sp³-hybridized carbons (Fsp3) is 0.263. The topological polar surface area (TPSA) is 89.2 Å². The van der Waals surface area contributed by atoms with Crippen molar-refractivity contribution in [2.75, 3.05) is 27.4 Å². The second-order valence-corrected chi connectivity index (χ2v) is 6.25. The zero-order valence-electron chi connectivity index (χ0n) is 14.8. The Morgan fingerprint density at radius 2 is 2.07 bits per heavy atom. The lowest BCUT2D eigenvalue weighted by Gasteiger charge is -2.22. The summed E-state index contributed by atoms with van der Waals surface area (Å²) in [5.41, 5.74) is 0.0959. The van der Waals surface area contributed by atoms with E-state index in [9.17, 15) is 14.7 Å². The fourth-order valence-corrected chi connectivity index (χ4v) is 3.21. The minimum Gasteiger partial charge on any atom is -0.507 e. The summed E-state index contributed by atoms with van der Waals surface area (Å²) in [6.45, 7) is 0.388. The summed E-state index contributed by atoms with van der Waals surface area (Å²) >= 11 is 6.20. The second-order valence-electron chi connectivity index (χ2n) is 5.85. The zero-order valence-corrected chi connectivity index (χ0v) is 15.5. The molecule has 1 amide bonds. The molecule has 1 aliphatic heterocycles. The van der Waals surface area contributed by atoms with Gasteiger partial charge in [-0.1, -0.05) is 11.6 Å². The largest absolute Gasteiger partial charge is 0.507 e. The maximum atomic E-state index is 12.7. The van der Waals surface area contributed by atoms with Crippen LogP contribution in [0.15, 0.2) is 46.6 Å². The lowest BCUT2D eigenvalue weighted by Crippen LogP contribution is -2.32. The van der Waals surface area contributed by atoms with Gasteiger partial charge in [-0.25, -0.2) is 0 Å². The van der Waals surface area contributed by atoms with Gasteiger partial charge in [0, 0.05) is 19.2 Å². The van der Waals surface area contributed by atoms with Crippen LogP contribution in [-0.4, -0.2) is 49.1 Å². The summed E-state index contributed by atoms with van der Waals surface area (Å²) in [5.74, 6) is -1.15. The van der Waals surface area contributed by atoms with Crippen molar-refractivity contribution in [2.45, 2.75) is 6.04 Å². The van der Waals surface area contributed by atoms with Crippen molar-refractivity contribution >= 4 is 29.1 Å². The Morgan fingerprint density at radius 3 is 2.70 bits per heavy atom. The molecular weight excluding hydrogens is 374 g/mol. The fourth-order valence-electron chi connectivity index (χ4n) is 3.00. The molecule has 1 aromatic heterocycles. The molecule has 3 rings (SSSR count). The number of aliphatic hydroxyl groups excluding tert-OH is 1. The molecule has 1 fully saturated rings. The summed E-state index contributed by atoms with van der Waals surface area (Å²) in [6.07, 6.45) is 1.43. The van der Waals surface area contributed by atoms with Gasteiger partial charge in [0.2, 0.25) is 0 Å². The second kappa shape index (κ2) is 7.85. The highest BCUT2D eigenvalue weighted by Gasteiger charge is 2.47. The van der Waals surface area contributed by atoms with Crippen LogP contribution in [0.5, 0.6) is 5.75 Å². The third kappa shape index (κ3) is 3.43. The molecule has 0 saturated carbocycles. The van der Waals surface area contributed by atoms with E-state index in [1.807, 2.05) is 0 Å². The van der Waals surface area contributed by atoms with Gasteiger partial charge in [-0.3, -0.25) is 9.59 Å². The maximum Gasteiger partial charge on any atom is 0.295 e. The molecule has 2 aromatic rings. The first kappa shape index (κ1) is 19.0. The van der Waals surface area contributed by atoms with E-state index in [2.05, 4.69) is 0 Å². The number of furan rings is 1. The number of aliphatic hydroxyl groups is 1. The normalized spacial score (nSPS) is 18.9. The highest BCUT2D eigenvalue weighted by Crippen LogP contribution is 2.41. The Balaban J connectivity index is 2.17. The quantitative estimate of drug-likeness (QED) is 0.462. The number of Topliss-reactive ketones (excluding diaryl/α,β-unsaturated/α-hetero) is 1. The summed E-state index contributed by atoms with van der Waals surface area (Å²) < 4.78 is 15.6. The monoisotopic (exact) mass is 391 g/mol. The number of rotatable bonds is 6. The van der Waals surface area contributed by atoms with Crippen LogP contribution >= 0.6 is 11.6 Å². The van der Waals surface area contributed by atoms with E-state index in [4.69, 9.17) is 25.5 Å². The van der Waals surface area contributed by atoms with Gasteiger partial charge >= 0.3 is 0 Å². The Bertz CT molecular complexity index is 890. The number of ether oxygens (including phenoxy) is 2. The van der Waals surface area contributed by atoms with Gasteiger partial charge in [-0.05, 0) is 30.3 Å². The van der Waals surface area contributed by atoms with E-state index in [1.165, 1.54) is 31.4 Å². The SMILES string of the molecule is COCCN1C(=O)C(=O)/C(=C(\O)c2cc(OC)ccc2Cl)C1c1ccco1. The highest BCUT2D eigenvalue weighted by atomic mass is 35.5. The van der Waals surface area contributed by atoms with Crippen molar-refractivity contribution in [3.63, 3.8) is 0 Å². The number of hydrogen-bond acceptors (Lipinski definition) is 6. The number of ketones is 1. The van der Waals surface area contributed by atoms with E-state index >= 15 is 0 Å². The minimum atomic E-state index is -0.877. The van der Waals surface area contributed by atoms with Crippen LogP contribution in [0.3, 0.4) is 0 Å². The molecule has 27 heavy (non-hydrogen) atoms. The Kier molecular flexibility index (Phi) is 5.53. The van der Waals surface area contributed by atoms with Crippen LogP contribution in [0, 0.1) is 0 Å². The van der Waals surface area contributed by atoms with E-state index in [-0.39, 0.29) is 29.3 Å². The number of nitrogens with zero attached hydrogens (tertiary/aromatic N) is 1. The minimum absolute atomic E-state index is 0.0961. The molecule has 142 valence electrons. The van der Waals surface area contributed by atoms with Crippen molar-refractivity contribution < 1.29 is 28.6 Å². The number of carbonyl (C=O) groups excluding carboxylic acids is 2. The molecule has 1 saturated heterocycles. The summed E-state index contributed by atoms with van der Waals surface area (Å²) in [4.78, 5) is 26.6. The molecular formula is C19H18ClNO6. The molecule has 1 N–H and O–H groups in total. The van der Waals surface area contributed by atoms with E-state index in [1.54, 1.807) is 24.3 Å². The van der Waals surface area contributed by atoms with Gasteiger partial charge in [-0.2, -0.15) is 0 Å². The number of hydrogen-bond donors (Lipinski definition) is 1. The van der Waals surface area contributed by atoms with Crippen LogP contribution < -0.4 is 4.74 Å². The van der Waals surface area contributed by atoms with E-state index in [0.29, 0.717) is 11.5 Å². The molecule has 2 heterocycles. The first-order valence-corrected chi connectivity index (χ1v) is 8.52. The Hall–Kier alpha value is -2.77. The summed E-state index contributed by atoms with van der Waals surface area (Å²) in [7, 11) is 2.97. The molecule has 0 spiro atoms. The molecule has 1 unspecified atom stereocenters. The standard InChI is InChI=1S/C19H18ClNO6/c1-25-9-7-21-16(14-4-3-8-27-14)15(18(23)19(21)24)17(22)12-10-11(26-2)5-6-13(12)20/h3-6,8,10,16,22H,7,9H2,1-2H3/b17-15-. The summed E-state index contributed by atoms with van der Waals surface area (Å²) in [5, 5.41) is 11.1. The van der Waals surface area contributed by atoms with Gasteiger partial charge in [0.15, 0.2) is 0 Å². The van der Waals surface area contributed by atoms with Crippen molar-refractivity contribution in [3.8, 4) is 5.75 Å². The van der Waals surface area contributed by atoms with Crippen LogP contribution in [-0.2, 0) is 14.3 Å². The Morgan fingerprint density at radius 1 is 1.30 bits per heavy atom. The molecule has 0 aliphatic carbocycles. The summed E-state index contributed by atoms with van der Waals surface area (Å²) in [6, 6.07) is 7.07.